The van der Waals surface area contributed by atoms with E-state index in [2.05, 4.69) is 4.90 Å². The molecule has 0 spiro atoms. The van der Waals surface area contributed by atoms with Gasteiger partial charge < -0.3 is 9.64 Å². The minimum absolute atomic E-state index is 0.0432. The van der Waals surface area contributed by atoms with Crippen LogP contribution in [-0.4, -0.2) is 37.4 Å². The molecule has 0 aromatic heterocycles. The first-order valence-corrected chi connectivity index (χ1v) is 8.84. The monoisotopic (exact) mass is 341 g/mol. The molecule has 1 heterocycles. The standard InChI is InChI=1S/C21H24FNO2/c1-25-20-11-10-17(14-19(20)22)21(24)18(16-8-4-2-5-9-16)15-23-12-6-3-7-13-23/h2,4-5,8-11,14,18H,3,6-7,12-13,15H2,1H3. The lowest BCUT2D eigenvalue weighted by Crippen LogP contribution is -2.36. The third-order valence-electron chi connectivity index (χ3n) is 4.84. The molecule has 0 amide bonds. The summed E-state index contributed by atoms with van der Waals surface area (Å²) < 4.78 is 19.0. The van der Waals surface area contributed by atoms with Crippen LogP contribution in [0.15, 0.2) is 48.5 Å². The number of benzene rings is 2. The van der Waals surface area contributed by atoms with Crippen LogP contribution in [0, 0.1) is 5.82 Å². The third-order valence-corrected chi connectivity index (χ3v) is 4.84. The Balaban J connectivity index is 1.87. The number of hydrogen-bond acceptors (Lipinski definition) is 3. The number of halogens is 1. The van der Waals surface area contributed by atoms with Crippen molar-refractivity contribution in [2.75, 3.05) is 26.7 Å². The molecule has 1 aliphatic rings. The summed E-state index contributed by atoms with van der Waals surface area (Å²) in [5.41, 5.74) is 1.37. The number of ether oxygens (including phenoxy) is 1. The van der Waals surface area contributed by atoms with Crippen LogP contribution in [0.1, 0.15) is 41.1 Å². The molecule has 1 fully saturated rings. The van der Waals surface area contributed by atoms with Crippen LogP contribution in [-0.2, 0) is 0 Å². The van der Waals surface area contributed by atoms with Gasteiger partial charge in [-0.25, -0.2) is 4.39 Å². The molecule has 0 bridgehead atoms. The van der Waals surface area contributed by atoms with Gasteiger partial charge in [0.1, 0.15) is 0 Å². The predicted molar refractivity (Wildman–Crippen MR) is 96.8 cm³/mol. The van der Waals surface area contributed by atoms with Gasteiger partial charge in [-0.2, -0.15) is 0 Å². The first-order chi connectivity index (χ1) is 12.2. The number of hydrogen-bond donors (Lipinski definition) is 0. The van der Waals surface area contributed by atoms with Gasteiger partial charge in [0.05, 0.1) is 13.0 Å². The van der Waals surface area contributed by atoms with Crippen molar-refractivity contribution in [1.82, 2.24) is 4.90 Å². The van der Waals surface area contributed by atoms with Gasteiger partial charge in [0.2, 0.25) is 0 Å². The van der Waals surface area contributed by atoms with E-state index in [1.165, 1.54) is 38.5 Å². The molecule has 4 heteroatoms. The van der Waals surface area contributed by atoms with Crippen molar-refractivity contribution in [2.45, 2.75) is 25.2 Å². The largest absolute Gasteiger partial charge is 0.494 e. The molecule has 1 saturated heterocycles. The SMILES string of the molecule is COc1ccc(C(=O)C(CN2CCCCC2)c2ccccc2)cc1F. The van der Waals surface area contributed by atoms with Crippen molar-refractivity contribution in [2.24, 2.45) is 0 Å². The maximum absolute atomic E-state index is 14.0. The van der Waals surface area contributed by atoms with E-state index in [9.17, 15) is 9.18 Å². The van der Waals surface area contributed by atoms with E-state index in [-0.39, 0.29) is 17.5 Å². The summed E-state index contributed by atoms with van der Waals surface area (Å²) in [6.45, 7) is 2.72. The van der Waals surface area contributed by atoms with Gasteiger partial charge in [0, 0.05) is 12.1 Å². The topological polar surface area (TPSA) is 29.5 Å². The lowest BCUT2D eigenvalue weighted by molar-refractivity contribution is 0.0925. The summed E-state index contributed by atoms with van der Waals surface area (Å²) in [7, 11) is 1.42. The second-order valence-corrected chi connectivity index (χ2v) is 6.54. The van der Waals surface area contributed by atoms with E-state index in [1.54, 1.807) is 6.07 Å². The minimum Gasteiger partial charge on any atom is -0.494 e. The number of ketones is 1. The fraction of sp³-hybridized carbons (Fsp3) is 0.381. The van der Waals surface area contributed by atoms with Crippen molar-refractivity contribution in [1.29, 1.82) is 0 Å². The number of piperidine rings is 1. The number of nitrogens with zero attached hydrogens (tertiary/aromatic N) is 1. The van der Waals surface area contributed by atoms with Gasteiger partial charge in [-0.3, -0.25) is 4.79 Å². The Kier molecular flexibility index (Phi) is 5.82. The summed E-state index contributed by atoms with van der Waals surface area (Å²) in [6, 6.07) is 14.2. The smallest absolute Gasteiger partial charge is 0.171 e. The maximum atomic E-state index is 14.0. The molecule has 2 aromatic carbocycles. The van der Waals surface area contributed by atoms with Crippen molar-refractivity contribution in [3.63, 3.8) is 0 Å². The number of carbonyl (C=O) groups is 1. The zero-order chi connectivity index (χ0) is 17.6. The normalized spacial score (nSPS) is 16.4. The zero-order valence-electron chi connectivity index (χ0n) is 14.6. The highest BCUT2D eigenvalue weighted by atomic mass is 19.1. The van der Waals surface area contributed by atoms with Gasteiger partial charge in [-0.05, 0) is 49.7 Å². The fourth-order valence-corrected chi connectivity index (χ4v) is 3.45. The van der Waals surface area contributed by atoms with E-state index in [4.69, 9.17) is 4.74 Å². The van der Waals surface area contributed by atoms with E-state index in [0.717, 1.165) is 18.7 Å². The maximum Gasteiger partial charge on any atom is 0.171 e. The van der Waals surface area contributed by atoms with Crippen molar-refractivity contribution >= 4 is 5.78 Å². The summed E-state index contributed by atoms with van der Waals surface area (Å²) in [6.07, 6.45) is 3.60. The van der Waals surface area contributed by atoms with Crippen LogP contribution in [0.2, 0.25) is 0 Å². The highest BCUT2D eigenvalue weighted by Crippen LogP contribution is 2.26. The Labute approximate surface area is 148 Å². The molecule has 1 unspecified atom stereocenters. The molecule has 1 atom stereocenters. The Morgan fingerprint density at radius 3 is 2.48 bits per heavy atom. The van der Waals surface area contributed by atoms with Crippen LogP contribution in [0.3, 0.4) is 0 Å². The average molecular weight is 341 g/mol. The van der Waals surface area contributed by atoms with Gasteiger partial charge in [-0.15, -0.1) is 0 Å². The molecule has 132 valence electrons. The fourth-order valence-electron chi connectivity index (χ4n) is 3.45. The first-order valence-electron chi connectivity index (χ1n) is 8.84. The Morgan fingerprint density at radius 1 is 1.12 bits per heavy atom. The third kappa shape index (κ3) is 4.26. The van der Waals surface area contributed by atoms with Crippen molar-refractivity contribution < 1.29 is 13.9 Å². The lowest BCUT2D eigenvalue weighted by Gasteiger charge is -2.30. The van der Waals surface area contributed by atoms with E-state index < -0.39 is 5.82 Å². The molecule has 2 aromatic rings. The number of carbonyl (C=O) groups excluding carboxylic acids is 1. The van der Waals surface area contributed by atoms with Crippen LogP contribution in [0.4, 0.5) is 4.39 Å². The summed E-state index contributed by atoms with van der Waals surface area (Å²) in [5.74, 6) is -0.674. The summed E-state index contributed by atoms with van der Waals surface area (Å²) in [5, 5.41) is 0. The number of Topliss-reactive ketones (excluding diaryl/α,β-unsaturated/α-hetero) is 1. The van der Waals surface area contributed by atoms with E-state index in [1.807, 2.05) is 30.3 Å². The number of likely N-dealkylation sites (tertiary alicyclic amines) is 1. The van der Waals surface area contributed by atoms with Crippen LogP contribution >= 0.6 is 0 Å². The highest BCUT2D eigenvalue weighted by molar-refractivity contribution is 6.01. The Morgan fingerprint density at radius 2 is 1.84 bits per heavy atom. The average Bonchev–Trinajstić information content (AvgIpc) is 2.67. The summed E-state index contributed by atoms with van der Waals surface area (Å²) in [4.78, 5) is 15.5. The summed E-state index contributed by atoms with van der Waals surface area (Å²) >= 11 is 0. The van der Waals surface area contributed by atoms with E-state index >= 15 is 0 Å². The molecular formula is C21H24FNO2. The van der Waals surface area contributed by atoms with Crippen LogP contribution in [0.25, 0.3) is 0 Å². The minimum atomic E-state index is -0.502. The molecular weight excluding hydrogens is 317 g/mol. The zero-order valence-corrected chi connectivity index (χ0v) is 14.6. The Bertz CT molecular complexity index is 711. The second-order valence-electron chi connectivity index (χ2n) is 6.54. The van der Waals surface area contributed by atoms with Crippen molar-refractivity contribution in [3.8, 4) is 5.75 Å². The molecule has 0 radical (unpaired) electrons. The quantitative estimate of drug-likeness (QED) is 0.734. The molecule has 3 nitrogen and oxygen atoms in total. The highest BCUT2D eigenvalue weighted by Gasteiger charge is 2.26. The molecule has 3 rings (SSSR count). The van der Waals surface area contributed by atoms with Gasteiger partial charge in [0.15, 0.2) is 17.3 Å². The molecule has 0 N–H and O–H groups in total. The predicted octanol–water partition coefficient (Wildman–Crippen LogP) is 4.29. The number of methoxy groups -OCH3 is 1. The van der Waals surface area contributed by atoms with Gasteiger partial charge >= 0.3 is 0 Å². The molecule has 0 saturated carbocycles. The van der Waals surface area contributed by atoms with Crippen molar-refractivity contribution in [3.05, 3.63) is 65.5 Å². The van der Waals surface area contributed by atoms with E-state index in [0.29, 0.717) is 12.1 Å². The van der Waals surface area contributed by atoms with Gasteiger partial charge in [-0.1, -0.05) is 36.8 Å². The lowest BCUT2D eigenvalue weighted by atomic mass is 9.89. The second kappa shape index (κ2) is 8.26. The first kappa shape index (κ1) is 17.6. The number of rotatable bonds is 6. The van der Waals surface area contributed by atoms with Crippen LogP contribution in [0.5, 0.6) is 5.75 Å². The molecule has 0 aliphatic carbocycles. The Hall–Kier alpha value is -2.20. The molecule has 1 aliphatic heterocycles. The molecule has 25 heavy (non-hydrogen) atoms. The van der Waals surface area contributed by atoms with Gasteiger partial charge in [0.25, 0.3) is 0 Å². The van der Waals surface area contributed by atoms with Crippen LogP contribution < -0.4 is 4.74 Å².